The van der Waals surface area contributed by atoms with E-state index in [4.69, 9.17) is 13.9 Å². The number of aryl methyl sites for hydroxylation is 2. The Morgan fingerprint density at radius 2 is 1.97 bits per heavy atom. The molecule has 0 saturated heterocycles. The van der Waals surface area contributed by atoms with Crippen LogP contribution in [0.15, 0.2) is 59.2 Å². The molecular weight excluding hydrogens is 436 g/mol. The molecule has 176 valence electrons. The number of ether oxygens (including phenoxy) is 2. The predicted molar refractivity (Wildman–Crippen MR) is 125 cm³/mol. The van der Waals surface area contributed by atoms with E-state index in [1.54, 1.807) is 37.3 Å². The maximum Gasteiger partial charge on any atom is 0.265 e. The molecule has 1 N–H and O–H groups in total. The van der Waals surface area contributed by atoms with Crippen molar-refractivity contribution >= 4 is 23.3 Å². The average molecular weight is 463 g/mol. The zero-order valence-electron chi connectivity index (χ0n) is 19.3. The summed E-state index contributed by atoms with van der Waals surface area (Å²) >= 11 is 0. The van der Waals surface area contributed by atoms with Gasteiger partial charge in [-0.3, -0.25) is 19.3 Å². The van der Waals surface area contributed by atoms with Crippen LogP contribution in [0.4, 0.5) is 5.69 Å². The van der Waals surface area contributed by atoms with Crippen LogP contribution in [0.5, 0.6) is 11.5 Å². The van der Waals surface area contributed by atoms with Gasteiger partial charge in [0.1, 0.15) is 23.3 Å². The Hall–Kier alpha value is -4.07. The van der Waals surface area contributed by atoms with Crippen molar-refractivity contribution in [3.63, 3.8) is 0 Å². The van der Waals surface area contributed by atoms with Gasteiger partial charge in [-0.2, -0.15) is 0 Å². The molecule has 1 aromatic heterocycles. The molecule has 34 heavy (non-hydrogen) atoms. The zero-order chi connectivity index (χ0) is 24.2. The van der Waals surface area contributed by atoms with E-state index in [-0.39, 0.29) is 37.4 Å². The third-order valence-corrected chi connectivity index (χ3v) is 5.63. The fourth-order valence-electron chi connectivity index (χ4n) is 3.81. The minimum Gasteiger partial charge on any atom is -0.485 e. The number of benzene rings is 2. The average Bonchev–Trinajstić information content (AvgIpc) is 3.34. The second-order valence-corrected chi connectivity index (χ2v) is 8.19. The van der Waals surface area contributed by atoms with Gasteiger partial charge >= 0.3 is 0 Å². The Bertz CT molecular complexity index is 1220. The van der Waals surface area contributed by atoms with Crippen molar-refractivity contribution in [2.75, 3.05) is 18.1 Å². The number of rotatable bonds is 8. The molecule has 0 spiro atoms. The minimum absolute atomic E-state index is 0.156. The van der Waals surface area contributed by atoms with E-state index in [1.807, 2.05) is 32.0 Å². The molecule has 0 fully saturated rings. The summed E-state index contributed by atoms with van der Waals surface area (Å²) in [7, 11) is 0. The van der Waals surface area contributed by atoms with Gasteiger partial charge in [-0.1, -0.05) is 17.7 Å². The first kappa shape index (κ1) is 23.1. The lowest BCUT2D eigenvalue weighted by atomic mass is 10.1. The van der Waals surface area contributed by atoms with Crippen molar-refractivity contribution in [3.8, 4) is 11.5 Å². The molecule has 8 heteroatoms. The molecule has 0 saturated carbocycles. The molecule has 4 rings (SSSR count). The lowest BCUT2D eigenvalue weighted by Crippen LogP contribution is -2.51. The Morgan fingerprint density at radius 1 is 1.15 bits per heavy atom. The normalized spacial score (nSPS) is 13.6. The Labute approximate surface area is 197 Å². The highest BCUT2D eigenvalue weighted by atomic mass is 16.5. The molecule has 0 aliphatic carbocycles. The quantitative estimate of drug-likeness (QED) is 0.514. The third kappa shape index (κ3) is 4.96. The number of furan rings is 1. The highest BCUT2D eigenvalue weighted by molar-refractivity contribution is 6.05. The summed E-state index contributed by atoms with van der Waals surface area (Å²) in [5, 5.41) is 2.76. The van der Waals surface area contributed by atoms with E-state index in [0.29, 0.717) is 28.5 Å². The van der Waals surface area contributed by atoms with Crippen LogP contribution in [0.1, 0.15) is 34.2 Å². The maximum absolute atomic E-state index is 12.8. The molecule has 1 aliphatic rings. The first-order valence-electron chi connectivity index (χ1n) is 11.0. The van der Waals surface area contributed by atoms with Crippen LogP contribution in [0.3, 0.4) is 0 Å². The highest BCUT2D eigenvalue weighted by Crippen LogP contribution is 2.34. The van der Waals surface area contributed by atoms with E-state index in [9.17, 15) is 14.4 Å². The van der Waals surface area contributed by atoms with Crippen LogP contribution in [0.2, 0.25) is 0 Å². The number of hydrogen-bond donors (Lipinski definition) is 1. The minimum atomic E-state index is -0.818. The lowest BCUT2D eigenvalue weighted by Gasteiger charge is -2.33. The first-order chi connectivity index (χ1) is 16.3. The van der Waals surface area contributed by atoms with E-state index < -0.39 is 6.04 Å². The Kier molecular flexibility index (Phi) is 6.67. The van der Waals surface area contributed by atoms with Gasteiger partial charge in [0.2, 0.25) is 5.91 Å². The van der Waals surface area contributed by atoms with Crippen LogP contribution in [-0.2, 0) is 16.1 Å². The third-order valence-electron chi connectivity index (χ3n) is 5.63. The molecule has 1 aliphatic heterocycles. The van der Waals surface area contributed by atoms with Crippen molar-refractivity contribution in [2.24, 2.45) is 0 Å². The van der Waals surface area contributed by atoms with Gasteiger partial charge in [-0.25, -0.2) is 0 Å². The van der Waals surface area contributed by atoms with Gasteiger partial charge in [0.15, 0.2) is 19.0 Å². The number of hydrogen-bond acceptors (Lipinski definition) is 6. The number of nitrogens with zero attached hydrogens (tertiary/aromatic N) is 1. The largest absolute Gasteiger partial charge is 0.485 e. The predicted octanol–water partition coefficient (Wildman–Crippen LogP) is 3.59. The number of amides is 2. The molecule has 2 heterocycles. The number of fused-ring (bicyclic) bond motifs is 1. The number of anilines is 1. The van der Waals surface area contributed by atoms with Crippen molar-refractivity contribution in [1.29, 1.82) is 0 Å². The summed E-state index contributed by atoms with van der Waals surface area (Å²) in [5.41, 5.74) is 2.78. The molecule has 1 atom stereocenters. The van der Waals surface area contributed by atoms with Crippen LogP contribution in [0, 0.1) is 13.8 Å². The van der Waals surface area contributed by atoms with Crippen molar-refractivity contribution in [2.45, 2.75) is 33.4 Å². The SMILES string of the molecule is Cc1ccc(OCC(=O)c2ccc3c(c2)N(C(C)C(=O)NCc2ccco2)C(=O)CO3)c(C)c1. The summed E-state index contributed by atoms with van der Waals surface area (Å²) in [5.74, 6) is 0.689. The summed E-state index contributed by atoms with van der Waals surface area (Å²) < 4.78 is 16.5. The number of carbonyl (C=O) groups excluding carboxylic acids is 3. The zero-order valence-corrected chi connectivity index (χ0v) is 19.3. The van der Waals surface area contributed by atoms with Crippen molar-refractivity contribution in [3.05, 3.63) is 77.2 Å². The summed E-state index contributed by atoms with van der Waals surface area (Å²) in [4.78, 5) is 39.6. The topological polar surface area (TPSA) is 98.1 Å². The lowest BCUT2D eigenvalue weighted by molar-refractivity contribution is -0.127. The van der Waals surface area contributed by atoms with Gasteiger partial charge in [-0.15, -0.1) is 0 Å². The second kappa shape index (κ2) is 9.82. The summed E-state index contributed by atoms with van der Waals surface area (Å²) in [6.07, 6.45) is 1.52. The van der Waals surface area contributed by atoms with Gasteiger partial charge in [0.05, 0.1) is 18.5 Å². The summed E-state index contributed by atoms with van der Waals surface area (Å²) in [6.45, 7) is 5.40. The Balaban J connectivity index is 1.49. The van der Waals surface area contributed by atoms with Gasteiger partial charge in [0.25, 0.3) is 5.91 Å². The van der Waals surface area contributed by atoms with Crippen molar-refractivity contribution < 1.29 is 28.3 Å². The van der Waals surface area contributed by atoms with E-state index >= 15 is 0 Å². The van der Waals surface area contributed by atoms with Gasteiger partial charge < -0.3 is 19.2 Å². The molecule has 2 aromatic carbocycles. The molecule has 8 nitrogen and oxygen atoms in total. The smallest absolute Gasteiger partial charge is 0.265 e. The molecule has 0 radical (unpaired) electrons. The molecule has 0 bridgehead atoms. The summed E-state index contributed by atoms with van der Waals surface area (Å²) in [6, 6.07) is 13.2. The standard InChI is InChI=1S/C26H26N2O6/c1-16-6-8-23(17(2)11-16)33-14-22(29)19-7-9-24-21(12-19)28(25(30)15-34-24)18(3)26(31)27-13-20-5-4-10-32-20/h4-12,18H,13-15H2,1-3H3,(H,27,31). The Morgan fingerprint density at radius 3 is 2.71 bits per heavy atom. The van der Waals surface area contributed by atoms with Crippen LogP contribution < -0.4 is 19.7 Å². The van der Waals surface area contributed by atoms with E-state index in [2.05, 4.69) is 5.32 Å². The van der Waals surface area contributed by atoms with Crippen LogP contribution >= 0.6 is 0 Å². The van der Waals surface area contributed by atoms with Crippen LogP contribution in [-0.4, -0.2) is 36.9 Å². The van der Waals surface area contributed by atoms with E-state index in [1.165, 1.54) is 11.2 Å². The van der Waals surface area contributed by atoms with Crippen LogP contribution in [0.25, 0.3) is 0 Å². The number of ketones is 1. The van der Waals surface area contributed by atoms with E-state index in [0.717, 1.165) is 11.1 Å². The van der Waals surface area contributed by atoms with Crippen molar-refractivity contribution in [1.82, 2.24) is 5.32 Å². The number of carbonyl (C=O) groups is 3. The van der Waals surface area contributed by atoms with Gasteiger partial charge in [-0.05, 0) is 62.7 Å². The fourth-order valence-corrected chi connectivity index (χ4v) is 3.81. The maximum atomic E-state index is 12.8. The van der Waals surface area contributed by atoms with Gasteiger partial charge in [0, 0.05) is 5.56 Å². The molecular formula is C26H26N2O6. The molecule has 3 aromatic rings. The highest BCUT2D eigenvalue weighted by Gasteiger charge is 2.33. The monoisotopic (exact) mass is 462 g/mol. The number of nitrogens with one attached hydrogen (secondary N) is 1. The fraction of sp³-hybridized carbons (Fsp3) is 0.269. The number of Topliss-reactive ketones (excluding diaryl/α,β-unsaturated/α-hetero) is 1. The second-order valence-electron chi connectivity index (χ2n) is 8.19. The molecule has 1 unspecified atom stereocenters. The first-order valence-corrected chi connectivity index (χ1v) is 11.0. The molecule has 2 amide bonds.